The Morgan fingerprint density at radius 2 is 1.96 bits per heavy atom. The number of carbonyl (C=O) groups excluding carboxylic acids is 3. The lowest BCUT2D eigenvalue weighted by molar-refractivity contribution is 0.0596. The molecule has 1 fully saturated rings. The number of esters is 1. The zero-order valence-electron chi connectivity index (χ0n) is 31.3. The highest BCUT2D eigenvalue weighted by Gasteiger charge is 2.44. The van der Waals surface area contributed by atoms with Gasteiger partial charge in [0.1, 0.15) is 15.7 Å². The predicted octanol–water partition coefficient (Wildman–Crippen LogP) is 7.62. The number of urea groups is 1. The molecule has 3 aromatic rings. The van der Waals surface area contributed by atoms with Crippen LogP contribution in [0, 0.1) is 17.8 Å². The number of hydrogen-bond donors (Lipinski definition) is 1. The summed E-state index contributed by atoms with van der Waals surface area (Å²) in [6, 6.07) is 12.7. The Labute approximate surface area is 323 Å². The Kier molecular flexibility index (Phi) is 11.4. The summed E-state index contributed by atoms with van der Waals surface area (Å²) in [5.74, 6) is 0.356. The van der Waals surface area contributed by atoms with Crippen LogP contribution in [0.4, 0.5) is 10.5 Å². The normalized spacial score (nSPS) is 25.4. The molecule has 1 saturated carbocycles. The molecular formula is C41H50ClN5O6S. The van der Waals surface area contributed by atoms with E-state index in [-0.39, 0.29) is 24.1 Å². The number of ether oxygens (including phenoxy) is 2. The van der Waals surface area contributed by atoms with Crippen molar-refractivity contribution in [2.75, 3.05) is 44.0 Å². The number of benzene rings is 2. The number of anilines is 1. The van der Waals surface area contributed by atoms with E-state index in [1.54, 1.807) is 18.3 Å². The molecule has 1 aromatic heterocycles. The topological polar surface area (TPSA) is 123 Å². The van der Waals surface area contributed by atoms with Crippen molar-refractivity contribution in [3.8, 4) is 5.75 Å². The number of aromatic nitrogens is 1. The first-order chi connectivity index (χ1) is 26.1. The van der Waals surface area contributed by atoms with Gasteiger partial charge in [-0.05, 0) is 105 Å². The molecule has 13 heteroatoms. The molecule has 4 aliphatic rings. The third-order valence-electron chi connectivity index (χ3n) is 11.4. The third kappa shape index (κ3) is 7.91. The van der Waals surface area contributed by atoms with Crippen LogP contribution in [0.5, 0.6) is 5.75 Å². The molecule has 0 bridgehead atoms. The highest BCUT2D eigenvalue weighted by Crippen LogP contribution is 2.53. The first-order valence-electron chi connectivity index (χ1n) is 19.1. The lowest BCUT2D eigenvalue weighted by Crippen LogP contribution is -2.47. The van der Waals surface area contributed by atoms with Gasteiger partial charge in [-0.1, -0.05) is 42.8 Å². The Balaban J connectivity index is 1.19. The number of carbonyl (C=O) groups is 3. The molecule has 5 atom stereocenters. The van der Waals surface area contributed by atoms with Crippen molar-refractivity contribution in [3.05, 3.63) is 93.8 Å². The van der Waals surface area contributed by atoms with Gasteiger partial charge in [-0.15, -0.1) is 4.36 Å². The van der Waals surface area contributed by atoms with Gasteiger partial charge < -0.3 is 23.8 Å². The highest BCUT2D eigenvalue weighted by atomic mass is 35.5. The van der Waals surface area contributed by atoms with Crippen molar-refractivity contribution in [2.45, 2.75) is 71.4 Å². The molecule has 1 aliphatic carbocycles. The number of allylic oxidation sites excluding steroid dienone is 2. The van der Waals surface area contributed by atoms with Gasteiger partial charge in [0, 0.05) is 48.9 Å². The molecule has 2 aromatic carbocycles. The van der Waals surface area contributed by atoms with E-state index in [0.29, 0.717) is 54.8 Å². The maximum absolute atomic E-state index is 14.7. The minimum absolute atomic E-state index is 0.0167. The van der Waals surface area contributed by atoms with Crippen LogP contribution in [-0.4, -0.2) is 70.7 Å². The lowest BCUT2D eigenvalue weighted by atomic mass is 9.65. The molecule has 1 unspecified atom stereocenters. The fraction of sp³-hybridized carbons (Fsp3) is 0.488. The van der Waals surface area contributed by atoms with E-state index in [2.05, 4.69) is 39.1 Å². The van der Waals surface area contributed by atoms with Crippen LogP contribution in [-0.2, 0) is 34.2 Å². The maximum atomic E-state index is 14.7. The Morgan fingerprint density at radius 1 is 1.11 bits per heavy atom. The number of amides is 3. The predicted molar refractivity (Wildman–Crippen MR) is 211 cm³/mol. The number of nitrogens with zero attached hydrogens (tertiary/aromatic N) is 4. The first kappa shape index (κ1) is 38.0. The summed E-state index contributed by atoms with van der Waals surface area (Å²) in [6.07, 6.45) is 11.7. The van der Waals surface area contributed by atoms with E-state index in [0.717, 1.165) is 67.2 Å². The van der Waals surface area contributed by atoms with E-state index >= 15 is 0 Å². The van der Waals surface area contributed by atoms with Gasteiger partial charge in [0.25, 0.3) is 5.91 Å². The summed E-state index contributed by atoms with van der Waals surface area (Å²) in [5, 5.41) is 0.738. The van der Waals surface area contributed by atoms with Gasteiger partial charge in [-0.2, -0.15) is 0 Å². The van der Waals surface area contributed by atoms with E-state index in [1.807, 2.05) is 35.8 Å². The number of halogens is 1. The summed E-state index contributed by atoms with van der Waals surface area (Å²) >= 11 is 6.19. The largest absolute Gasteiger partial charge is 0.491 e. The molecule has 7 rings (SSSR count). The van der Waals surface area contributed by atoms with E-state index in [1.165, 1.54) is 17.6 Å². The van der Waals surface area contributed by atoms with Crippen LogP contribution >= 0.6 is 11.6 Å². The third-order valence-corrected chi connectivity index (χ3v) is 13.6. The van der Waals surface area contributed by atoms with Gasteiger partial charge >= 0.3 is 12.0 Å². The summed E-state index contributed by atoms with van der Waals surface area (Å²) in [4.78, 5) is 44.5. The quantitative estimate of drug-likeness (QED) is 0.135. The molecule has 0 spiro atoms. The average Bonchev–Trinajstić information content (AvgIpc) is 3.53. The molecular weight excluding hydrogens is 726 g/mol. The van der Waals surface area contributed by atoms with Gasteiger partial charge in [-0.3, -0.25) is 9.52 Å². The molecule has 54 heavy (non-hydrogen) atoms. The second kappa shape index (κ2) is 16.2. The minimum Gasteiger partial charge on any atom is -0.491 e. The van der Waals surface area contributed by atoms with Crippen molar-refractivity contribution >= 4 is 45.1 Å². The fourth-order valence-electron chi connectivity index (χ4n) is 8.51. The first-order valence-corrected chi connectivity index (χ1v) is 21.2. The number of rotatable bonds is 9. The number of hydrogen-bond acceptors (Lipinski definition) is 7. The van der Waals surface area contributed by atoms with Crippen molar-refractivity contribution in [1.29, 1.82) is 0 Å². The van der Waals surface area contributed by atoms with E-state index in [9.17, 15) is 18.6 Å². The minimum atomic E-state index is -3.56. The van der Waals surface area contributed by atoms with Crippen molar-refractivity contribution in [1.82, 2.24) is 14.2 Å². The highest BCUT2D eigenvalue weighted by molar-refractivity contribution is 7.92. The maximum Gasteiger partial charge on any atom is 0.339 e. The Hall–Kier alpha value is -4.29. The van der Waals surface area contributed by atoms with Crippen LogP contribution in [0.15, 0.2) is 65.2 Å². The van der Waals surface area contributed by atoms with Crippen LogP contribution in [0.2, 0.25) is 5.02 Å². The number of aryl methyl sites for hydroxylation is 1. The fourth-order valence-corrected chi connectivity index (χ4v) is 10.6. The molecule has 0 saturated heterocycles. The van der Waals surface area contributed by atoms with E-state index < -0.39 is 27.8 Å². The summed E-state index contributed by atoms with van der Waals surface area (Å²) in [6.45, 7) is 7.16. The molecule has 3 amide bonds. The van der Waals surface area contributed by atoms with Crippen LogP contribution < -0.4 is 14.4 Å². The summed E-state index contributed by atoms with van der Waals surface area (Å²) in [7, 11) is -2.24. The molecule has 288 valence electrons. The zero-order chi connectivity index (χ0) is 38.0. The average molecular weight is 776 g/mol. The zero-order valence-corrected chi connectivity index (χ0v) is 32.9. The molecule has 3 aliphatic heterocycles. The number of fused-ring (bicyclic) bond motifs is 3. The summed E-state index contributed by atoms with van der Waals surface area (Å²) in [5.41, 5.74) is 4.40. The van der Waals surface area contributed by atoms with Gasteiger partial charge in [-0.25, -0.2) is 13.8 Å². The lowest BCUT2D eigenvalue weighted by Gasteiger charge is -2.40. The molecule has 1 N–H and O–H groups in total. The smallest absolute Gasteiger partial charge is 0.339 e. The number of unbranched alkanes of at least 4 members (excludes halogenated alkanes) is 1. The number of methoxy groups -OCH3 is 1. The Morgan fingerprint density at radius 3 is 2.72 bits per heavy atom. The van der Waals surface area contributed by atoms with Crippen LogP contribution in [0.25, 0.3) is 0 Å². The second-order valence-electron chi connectivity index (χ2n) is 15.0. The van der Waals surface area contributed by atoms with Crippen LogP contribution in [0.3, 0.4) is 0 Å². The standard InChI is InChI=1S/C41H50ClN5O6S/c1-4-45-24-29-14-15-31(29)32-13-7-9-27(2)26-54(51,44-41(50)47-21-20-46-19-18-33(35(46)25-47)40(49)52-3)43-39(48)34-16-17-36(38(45)37(32)34)53-22-6-5-10-28-11-8-12-30(42)23-28/h7-8,11-13,16-19,23,27,29,31-32H,4-6,9-10,14-15,20-22,24-26H2,1-3H3,(H,43,44,48,50,51)/b13-7+/t27-,29-,31+,32-,54?/m0/s1. The monoisotopic (exact) mass is 775 g/mol. The Bertz CT molecular complexity index is 2070. The van der Waals surface area contributed by atoms with Gasteiger partial charge in [0.2, 0.25) is 0 Å². The SMILES string of the molecule is CCN1C[C@@H]2CC[C@H]2[C@@H]2/C=C/C[C@H](C)CS(=O)(NC(=O)N3CCn4ccc(C(=O)OC)c4C3)=NC(=O)c3ccc(OCCCCc4cccc(Cl)c4)c1c32. The summed E-state index contributed by atoms with van der Waals surface area (Å²) < 4.78 is 35.2. The second-order valence-corrected chi connectivity index (χ2v) is 17.5. The van der Waals surface area contributed by atoms with Crippen LogP contribution in [0.1, 0.15) is 89.4 Å². The molecule has 0 radical (unpaired) electrons. The van der Waals surface area contributed by atoms with Gasteiger partial charge in [0.15, 0.2) is 0 Å². The number of nitrogens with one attached hydrogen (secondary N) is 1. The molecule has 11 nitrogen and oxygen atoms in total. The van der Waals surface area contributed by atoms with Crippen molar-refractivity contribution in [2.24, 2.45) is 22.1 Å². The van der Waals surface area contributed by atoms with E-state index in [4.69, 9.17) is 21.1 Å². The van der Waals surface area contributed by atoms with Gasteiger partial charge in [0.05, 0.1) is 43.0 Å². The van der Waals surface area contributed by atoms with Crippen molar-refractivity contribution in [3.63, 3.8) is 0 Å². The van der Waals surface area contributed by atoms with Crippen molar-refractivity contribution < 1.29 is 28.1 Å². The molecule has 4 heterocycles.